The molecule has 12 heteroatoms. The Kier molecular flexibility index (Phi) is 7.82. The Labute approximate surface area is 245 Å². The van der Waals surface area contributed by atoms with Gasteiger partial charge in [-0.2, -0.15) is 0 Å². The maximum Gasteiger partial charge on any atom is 0.255 e. The zero-order chi connectivity index (χ0) is 30.4. The van der Waals surface area contributed by atoms with Crippen LogP contribution in [0.5, 0.6) is 11.5 Å². The molecule has 0 aliphatic carbocycles. The van der Waals surface area contributed by atoms with E-state index in [2.05, 4.69) is 5.32 Å². The Balaban J connectivity index is 1.60. The van der Waals surface area contributed by atoms with E-state index in [9.17, 15) is 21.6 Å². The van der Waals surface area contributed by atoms with Gasteiger partial charge in [0.05, 0.1) is 42.0 Å². The van der Waals surface area contributed by atoms with Gasteiger partial charge in [-0.1, -0.05) is 17.7 Å². The fourth-order valence-corrected chi connectivity index (χ4v) is 6.90. The van der Waals surface area contributed by atoms with Crippen molar-refractivity contribution in [2.45, 2.75) is 26.1 Å². The number of sulfone groups is 1. The Morgan fingerprint density at radius 2 is 1.62 bits per heavy atom. The zero-order valence-electron chi connectivity index (χ0n) is 23.9. The van der Waals surface area contributed by atoms with Crippen molar-refractivity contribution in [1.82, 2.24) is 5.32 Å². The Bertz CT molecular complexity index is 1860. The monoisotopic (exact) mass is 612 g/mol. The summed E-state index contributed by atoms with van der Waals surface area (Å²) in [5.74, 6) is 0.868. The van der Waals surface area contributed by atoms with E-state index in [1.165, 1.54) is 7.05 Å². The Morgan fingerprint density at radius 1 is 1.00 bits per heavy atom. The molecule has 5 rings (SSSR count). The third-order valence-electron chi connectivity index (χ3n) is 7.03. The molecule has 0 fully saturated rings. The van der Waals surface area contributed by atoms with Gasteiger partial charge in [0.15, 0.2) is 0 Å². The van der Waals surface area contributed by atoms with E-state index in [-0.39, 0.29) is 23.8 Å². The Morgan fingerprint density at radius 3 is 2.19 bits per heavy atom. The highest BCUT2D eigenvalue weighted by molar-refractivity contribution is 7.92. The standard InChI is InChI=1S/C30H32N2O8S2/c1-18-6-10-21(11-7-18)39-22-12-8-20(9-13-22)29-28(30(33)31-3)25-14-24-19(2)38-23(17-41(4,34)35)16-32(42(5,36)37)26(24)15-27(25)40-29/h6-15,19,23H,16-17H2,1-5H3,(H,31,33)/t19-,23+/m0/s1. The van der Waals surface area contributed by atoms with Crippen LogP contribution in [0.4, 0.5) is 5.69 Å². The topological polar surface area (TPSA) is 132 Å². The summed E-state index contributed by atoms with van der Waals surface area (Å²) in [5.41, 5.74) is 3.11. The number of nitrogens with one attached hydrogen (secondary N) is 1. The second-order valence-electron chi connectivity index (χ2n) is 10.5. The minimum absolute atomic E-state index is 0.187. The van der Waals surface area contributed by atoms with Crippen LogP contribution in [-0.4, -0.2) is 60.7 Å². The van der Waals surface area contributed by atoms with Crippen LogP contribution < -0.4 is 14.4 Å². The van der Waals surface area contributed by atoms with E-state index in [0.717, 1.165) is 22.4 Å². The van der Waals surface area contributed by atoms with Gasteiger partial charge in [-0.25, -0.2) is 16.8 Å². The van der Waals surface area contributed by atoms with E-state index in [1.54, 1.807) is 43.3 Å². The van der Waals surface area contributed by atoms with E-state index in [1.807, 2.05) is 31.2 Å². The maximum absolute atomic E-state index is 13.2. The normalized spacial score (nSPS) is 17.5. The lowest BCUT2D eigenvalue weighted by atomic mass is 10.0. The zero-order valence-corrected chi connectivity index (χ0v) is 25.5. The maximum atomic E-state index is 13.2. The van der Waals surface area contributed by atoms with Crippen LogP contribution in [-0.2, 0) is 24.6 Å². The number of sulfonamides is 1. The van der Waals surface area contributed by atoms with Crippen molar-refractivity contribution in [2.24, 2.45) is 0 Å². The number of ether oxygens (including phenoxy) is 2. The highest BCUT2D eigenvalue weighted by Gasteiger charge is 2.35. The fourth-order valence-electron chi connectivity index (χ4n) is 5.09. The van der Waals surface area contributed by atoms with Crippen molar-refractivity contribution in [2.75, 3.05) is 36.2 Å². The molecule has 10 nitrogen and oxygen atoms in total. The van der Waals surface area contributed by atoms with E-state index < -0.39 is 32.1 Å². The molecule has 42 heavy (non-hydrogen) atoms. The SMILES string of the molecule is CNC(=O)c1c(-c2ccc(Oc3ccc(C)cc3)cc2)oc2cc3c(cc12)[C@H](C)O[C@@H](CS(C)(=O)=O)CN3S(C)(=O)=O. The van der Waals surface area contributed by atoms with Gasteiger partial charge < -0.3 is 19.2 Å². The van der Waals surface area contributed by atoms with Gasteiger partial charge in [-0.3, -0.25) is 9.10 Å². The minimum atomic E-state index is -3.83. The predicted octanol–water partition coefficient (Wildman–Crippen LogP) is 4.83. The number of hydrogen-bond donors (Lipinski definition) is 1. The van der Waals surface area contributed by atoms with Gasteiger partial charge in [0.25, 0.3) is 5.91 Å². The van der Waals surface area contributed by atoms with Crippen molar-refractivity contribution in [3.05, 3.63) is 77.4 Å². The van der Waals surface area contributed by atoms with Gasteiger partial charge in [-0.15, -0.1) is 0 Å². The van der Waals surface area contributed by atoms with E-state index in [4.69, 9.17) is 13.9 Å². The lowest BCUT2D eigenvalue weighted by Crippen LogP contribution is -2.39. The molecule has 0 radical (unpaired) electrons. The van der Waals surface area contributed by atoms with E-state index in [0.29, 0.717) is 45.0 Å². The molecule has 0 spiro atoms. The largest absolute Gasteiger partial charge is 0.457 e. The number of benzene rings is 3. The number of rotatable bonds is 7. The summed E-state index contributed by atoms with van der Waals surface area (Å²) in [7, 11) is -5.77. The first kappa shape index (κ1) is 29.6. The summed E-state index contributed by atoms with van der Waals surface area (Å²) in [6.07, 6.45) is 0.572. The molecular formula is C30H32N2O8S2. The number of fused-ring (bicyclic) bond motifs is 2. The van der Waals surface area contributed by atoms with Crippen LogP contribution in [0.2, 0.25) is 0 Å². The van der Waals surface area contributed by atoms with Crippen molar-refractivity contribution in [3.63, 3.8) is 0 Å². The van der Waals surface area contributed by atoms with Crippen LogP contribution in [0, 0.1) is 6.92 Å². The molecule has 1 amide bonds. The molecule has 1 N–H and O–H groups in total. The van der Waals surface area contributed by atoms with Crippen molar-refractivity contribution < 1.29 is 35.5 Å². The lowest BCUT2D eigenvalue weighted by Gasteiger charge is -2.24. The number of aryl methyl sites for hydroxylation is 1. The first-order valence-electron chi connectivity index (χ1n) is 13.2. The number of amides is 1. The summed E-state index contributed by atoms with van der Waals surface area (Å²) in [6, 6.07) is 18.0. The molecule has 1 aliphatic rings. The second kappa shape index (κ2) is 11.1. The van der Waals surface area contributed by atoms with Crippen molar-refractivity contribution >= 4 is 42.4 Å². The quantitative estimate of drug-likeness (QED) is 0.314. The molecule has 4 aromatic rings. The number of hydrogen-bond acceptors (Lipinski definition) is 8. The summed E-state index contributed by atoms with van der Waals surface area (Å²) >= 11 is 0. The molecular weight excluding hydrogens is 580 g/mol. The lowest BCUT2D eigenvalue weighted by molar-refractivity contribution is 0.0193. The second-order valence-corrected chi connectivity index (χ2v) is 14.6. The first-order chi connectivity index (χ1) is 19.7. The molecule has 0 bridgehead atoms. The minimum Gasteiger partial charge on any atom is -0.457 e. The van der Waals surface area contributed by atoms with Crippen LogP contribution in [0.1, 0.15) is 34.5 Å². The van der Waals surface area contributed by atoms with Gasteiger partial charge >= 0.3 is 0 Å². The highest BCUT2D eigenvalue weighted by Crippen LogP contribution is 2.42. The molecule has 0 saturated carbocycles. The smallest absolute Gasteiger partial charge is 0.255 e. The van der Waals surface area contributed by atoms with Crippen LogP contribution in [0.15, 0.2) is 65.1 Å². The van der Waals surface area contributed by atoms with Crippen LogP contribution in [0.25, 0.3) is 22.3 Å². The molecule has 0 unspecified atom stereocenters. The number of nitrogens with zero attached hydrogens (tertiary/aromatic N) is 1. The molecule has 0 saturated heterocycles. The summed E-state index contributed by atoms with van der Waals surface area (Å²) < 4.78 is 69.2. The number of carbonyl (C=O) groups is 1. The number of carbonyl (C=O) groups excluding carboxylic acids is 1. The first-order valence-corrected chi connectivity index (χ1v) is 17.1. The third-order valence-corrected chi connectivity index (χ3v) is 9.15. The molecule has 2 atom stereocenters. The predicted molar refractivity (Wildman–Crippen MR) is 161 cm³/mol. The average molecular weight is 613 g/mol. The van der Waals surface area contributed by atoms with Crippen LogP contribution >= 0.6 is 0 Å². The van der Waals surface area contributed by atoms with Crippen LogP contribution in [0.3, 0.4) is 0 Å². The summed E-state index contributed by atoms with van der Waals surface area (Å²) in [4.78, 5) is 13.2. The fraction of sp³-hybridized carbons (Fsp3) is 0.300. The highest BCUT2D eigenvalue weighted by atomic mass is 32.2. The van der Waals surface area contributed by atoms with Crippen molar-refractivity contribution in [1.29, 1.82) is 0 Å². The molecule has 2 heterocycles. The third kappa shape index (κ3) is 6.15. The number of furan rings is 1. The summed E-state index contributed by atoms with van der Waals surface area (Å²) in [6.45, 7) is 3.53. The Hall–Kier alpha value is -3.87. The molecule has 222 valence electrons. The van der Waals surface area contributed by atoms with E-state index >= 15 is 0 Å². The van der Waals surface area contributed by atoms with Crippen molar-refractivity contribution in [3.8, 4) is 22.8 Å². The van der Waals surface area contributed by atoms with Gasteiger partial charge in [0.1, 0.15) is 32.7 Å². The number of anilines is 1. The van der Waals surface area contributed by atoms with Gasteiger partial charge in [0.2, 0.25) is 10.0 Å². The molecule has 1 aliphatic heterocycles. The summed E-state index contributed by atoms with van der Waals surface area (Å²) in [5, 5.41) is 3.13. The van der Waals surface area contributed by atoms with Gasteiger partial charge in [-0.05, 0) is 56.3 Å². The molecule has 3 aromatic carbocycles. The molecule has 1 aromatic heterocycles. The average Bonchev–Trinajstić information content (AvgIpc) is 3.22. The van der Waals surface area contributed by atoms with Gasteiger partial charge in [0, 0.05) is 35.9 Å².